The summed E-state index contributed by atoms with van der Waals surface area (Å²) in [5, 5.41) is 12.1. The van der Waals surface area contributed by atoms with Crippen molar-refractivity contribution in [3.05, 3.63) is 75.8 Å². The predicted octanol–water partition coefficient (Wildman–Crippen LogP) is 6.21. The van der Waals surface area contributed by atoms with Gasteiger partial charge in [-0.05, 0) is 79.0 Å². The van der Waals surface area contributed by atoms with Gasteiger partial charge in [-0.15, -0.1) is 11.3 Å². The summed E-state index contributed by atoms with van der Waals surface area (Å²) < 4.78 is 19.6. The first-order valence-corrected chi connectivity index (χ1v) is 12.3. The van der Waals surface area contributed by atoms with E-state index in [2.05, 4.69) is 4.98 Å². The van der Waals surface area contributed by atoms with Crippen molar-refractivity contribution < 1.29 is 13.9 Å². The Kier molecular flexibility index (Phi) is 4.75. The maximum Gasteiger partial charge on any atom is 0.336 e. The van der Waals surface area contributed by atoms with Gasteiger partial charge in [0, 0.05) is 22.5 Å². The number of aromatic nitrogens is 1. The fraction of sp³-hybridized carbons (Fsp3) is 0.280. The van der Waals surface area contributed by atoms with E-state index in [1.807, 2.05) is 24.4 Å². The van der Waals surface area contributed by atoms with Crippen LogP contribution in [0.2, 0.25) is 0 Å². The van der Waals surface area contributed by atoms with Crippen LogP contribution < -0.4 is 5.63 Å². The summed E-state index contributed by atoms with van der Waals surface area (Å²) >= 11 is 3.05. The van der Waals surface area contributed by atoms with Crippen molar-refractivity contribution in [1.82, 2.24) is 4.98 Å². The third kappa shape index (κ3) is 3.58. The Morgan fingerprint density at radius 2 is 1.78 bits per heavy atom. The van der Waals surface area contributed by atoms with E-state index in [1.54, 1.807) is 23.5 Å². The fourth-order valence-electron chi connectivity index (χ4n) is 4.45. The van der Waals surface area contributed by atoms with Gasteiger partial charge in [-0.3, -0.25) is 0 Å². The van der Waals surface area contributed by atoms with Gasteiger partial charge < -0.3 is 9.52 Å². The lowest BCUT2D eigenvalue weighted by Gasteiger charge is -2.26. The number of nitrogens with zero attached hydrogens (tertiary/aromatic N) is 1. The first-order chi connectivity index (χ1) is 15.5. The lowest BCUT2D eigenvalue weighted by molar-refractivity contribution is -0.00681. The molecule has 2 aromatic carbocycles. The van der Waals surface area contributed by atoms with Crippen LogP contribution in [-0.4, -0.2) is 10.1 Å². The number of halogens is 1. The van der Waals surface area contributed by atoms with Crippen molar-refractivity contribution in [2.75, 3.05) is 0 Å². The van der Waals surface area contributed by atoms with Gasteiger partial charge in [0.1, 0.15) is 17.0 Å². The maximum absolute atomic E-state index is 13.3. The number of hydrogen-bond acceptors (Lipinski definition) is 6. The number of fused-ring (bicyclic) bond motifs is 1. The summed E-state index contributed by atoms with van der Waals surface area (Å²) in [6.07, 6.45) is 6.19. The van der Waals surface area contributed by atoms with E-state index in [4.69, 9.17) is 4.42 Å². The highest BCUT2D eigenvalue weighted by atomic mass is 32.2. The minimum atomic E-state index is -0.712. The van der Waals surface area contributed by atoms with Crippen LogP contribution in [0.15, 0.2) is 73.2 Å². The van der Waals surface area contributed by atoms with Crippen LogP contribution in [0.3, 0.4) is 0 Å². The monoisotopic (exact) mass is 465 g/mol. The lowest BCUT2D eigenvalue weighted by atomic mass is 9.90. The molecule has 0 bridgehead atoms. The molecule has 0 atom stereocenters. The number of rotatable bonds is 6. The largest absolute Gasteiger partial charge is 0.423 e. The predicted molar refractivity (Wildman–Crippen MR) is 123 cm³/mol. The summed E-state index contributed by atoms with van der Waals surface area (Å²) in [5.41, 5.74) is 0.786. The Morgan fingerprint density at radius 3 is 2.47 bits per heavy atom. The van der Waals surface area contributed by atoms with Gasteiger partial charge in [0.25, 0.3) is 0 Å². The minimum absolute atomic E-state index is 0.321. The molecular formula is C25H20FNO3S2. The molecular weight excluding hydrogens is 445 g/mol. The van der Waals surface area contributed by atoms with Gasteiger partial charge >= 0.3 is 5.63 Å². The Hall–Kier alpha value is -2.48. The molecule has 7 heteroatoms. The molecule has 2 aliphatic rings. The SMILES string of the molecule is O=c1cc(-c2ccc(F)cc2)c2ccc(Sc3ncc(C(O)(C4CC4)C4CC4)s3)cc2o1. The zero-order valence-electron chi connectivity index (χ0n) is 17.1. The van der Waals surface area contributed by atoms with Gasteiger partial charge in [-0.1, -0.05) is 23.9 Å². The van der Waals surface area contributed by atoms with Gasteiger partial charge in [-0.25, -0.2) is 14.2 Å². The molecule has 1 N–H and O–H groups in total. The Morgan fingerprint density at radius 1 is 1.06 bits per heavy atom. The highest BCUT2D eigenvalue weighted by Crippen LogP contribution is 2.58. The standard InChI is InChI=1S/C25H20FNO3S2/c26-17-7-1-14(2-8-17)20-12-23(28)30-21-11-18(9-10-19(20)21)31-24-27-13-22(32-24)25(29,15-3-4-15)16-5-6-16/h1-2,7-13,15-16,29H,3-6H2. The molecule has 2 heterocycles. The van der Waals surface area contributed by atoms with Crippen LogP contribution in [0, 0.1) is 17.7 Å². The summed E-state index contributed by atoms with van der Waals surface area (Å²) in [7, 11) is 0. The van der Waals surface area contributed by atoms with Crippen molar-refractivity contribution in [2.45, 2.75) is 40.5 Å². The number of benzene rings is 2. The molecule has 0 saturated heterocycles. The molecule has 2 fully saturated rings. The zero-order valence-corrected chi connectivity index (χ0v) is 18.7. The van der Waals surface area contributed by atoms with E-state index in [-0.39, 0.29) is 5.82 Å². The van der Waals surface area contributed by atoms with Gasteiger partial charge in [0.15, 0.2) is 4.34 Å². The Bertz CT molecular complexity index is 1360. The van der Waals surface area contributed by atoms with Crippen molar-refractivity contribution in [2.24, 2.45) is 11.8 Å². The van der Waals surface area contributed by atoms with Crippen LogP contribution >= 0.6 is 23.1 Å². The van der Waals surface area contributed by atoms with E-state index in [1.165, 1.54) is 30.0 Å². The molecule has 0 spiro atoms. The third-order valence-electron chi connectivity index (χ3n) is 6.36. The smallest absolute Gasteiger partial charge is 0.336 e. The van der Waals surface area contributed by atoms with Crippen LogP contribution in [0.25, 0.3) is 22.1 Å². The van der Waals surface area contributed by atoms with E-state index in [9.17, 15) is 14.3 Å². The van der Waals surface area contributed by atoms with Gasteiger partial charge in [0.2, 0.25) is 0 Å². The first-order valence-electron chi connectivity index (χ1n) is 10.7. The molecule has 6 rings (SSSR count). The highest BCUT2D eigenvalue weighted by molar-refractivity contribution is 8.01. The van der Waals surface area contributed by atoms with Gasteiger partial charge in [-0.2, -0.15) is 0 Å². The molecule has 2 aliphatic carbocycles. The molecule has 4 aromatic rings. The fourth-order valence-corrected chi connectivity index (χ4v) is 6.68. The van der Waals surface area contributed by atoms with Crippen molar-refractivity contribution >= 4 is 34.1 Å². The topological polar surface area (TPSA) is 63.3 Å². The van der Waals surface area contributed by atoms with Crippen LogP contribution in [0.1, 0.15) is 30.6 Å². The lowest BCUT2D eigenvalue weighted by Crippen LogP contribution is -2.29. The third-order valence-corrected chi connectivity index (χ3v) is 8.56. The average molecular weight is 466 g/mol. The second-order valence-electron chi connectivity index (χ2n) is 8.61. The Labute approximate surface area is 192 Å². The molecule has 2 aromatic heterocycles. The normalized spacial score (nSPS) is 16.6. The summed E-state index contributed by atoms with van der Waals surface area (Å²) in [6.45, 7) is 0. The second-order valence-corrected chi connectivity index (χ2v) is 11.0. The van der Waals surface area contributed by atoms with Crippen LogP contribution in [0.4, 0.5) is 4.39 Å². The van der Waals surface area contributed by atoms with Crippen LogP contribution in [0.5, 0.6) is 0 Å². The quantitative estimate of drug-likeness (QED) is 0.343. The summed E-state index contributed by atoms with van der Waals surface area (Å²) in [5.74, 6) is 0.416. The van der Waals surface area contributed by atoms with Crippen molar-refractivity contribution in [3.8, 4) is 11.1 Å². The molecule has 0 amide bonds. The summed E-state index contributed by atoms with van der Waals surface area (Å²) in [4.78, 5) is 18.6. The minimum Gasteiger partial charge on any atom is -0.423 e. The molecule has 4 nitrogen and oxygen atoms in total. The van der Waals surface area contributed by atoms with Crippen molar-refractivity contribution in [3.63, 3.8) is 0 Å². The number of hydrogen-bond donors (Lipinski definition) is 1. The van der Waals surface area contributed by atoms with E-state index >= 15 is 0 Å². The average Bonchev–Trinajstić information content (AvgIpc) is 3.71. The van der Waals surface area contributed by atoms with E-state index in [0.29, 0.717) is 23.0 Å². The number of thiazole rings is 1. The summed E-state index contributed by atoms with van der Waals surface area (Å²) in [6, 6.07) is 13.2. The molecule has 0 aliphatic heterocycles. The van der Waals surface area contributed by atoms with E-state index in [0.717, 1.165) is 50.7 Å². The molecule has 32 heavy (non-hydrogen) atoms. The Balaban J connectivity index is 1.32. The molecule has 0 radical (unpaired) electrons. The molecule has 162 valence electrons. The molecule has 0 unspecified atom stereocenters. The maximum atomic E-state index is 13.3. The zero-order chi connectivity index (χ0) is 21.9. The highest BCUT2D eigenvalue weighted by Gasteiger charge is 2.55. The number of aliphatic hydroxyl groups is 1. The molecule has 2 saturated carbocycles. The van der Waals surface area contributed by atoms with Gasteiger partial charge in [0.05, 0.1) is 4.88 Å². The van der Waals surface area contributed by atoms with E-state index < -0.39 is 11.2 Å². The van der Waals surface area contributed by atoms with Crippen LogP contribution in [-0.2, 0) is 5.60 Å². The first kappa shape index (κ1) is 20.1. The van der Waals surface area contributed by atoms with Crippen molar-refractivity contribution in [1.29, 1.82) is 0 Å². The second kappa shape index (κ2) is 7.54.